The van der Waals surface area contributed by atoms with Crippen molar-refractivity contribution in [2.75, 3.05) is 26.9 Å². The van der Waals surface area contributed by atoms with Crippen molar-refractivity contribution in [1.29, 1.82) is 0 Å². The average Bonchev–Trinajstić information content (AvgIpc) is 2.86. The summed E-state index contributed by atoms with van der Waals surface area (Å²) in [5.41, 5.74) is 1.44. The third-order valence-corrected chi connectivity index (χ3v) is 6.65. The highest BCUT2D eigenvalue weighted by Crippen LogP contribution is 2.45. The Morgan fingerprint density at radius 2 is 1.92 bits per heavy atom. The first kappa shape index (κ1) is 25.4. The van der Waals surface area contributed by atoms with E-state index in [0.717, 1.165) is 0 Å². The van der Waals surface area contributed by atoms with Gasteiger partial charge in [0.25, 0.3) is 0 Å². The number of fused-ring (bicyclic) bond motifs is 1. The SMILES string of the molecule is CCOCCOC(=O)C1=C(C)NC2=C(C(=O)[C@H](C(=O)OC)[C@H](C)C2)[C@H]1c1coc2ccccc2c1=O. The van der Waals surface area contributed by atoms with E-state index in [0.29, 0.717) is 35.4 Å². The maximum atomic E-state index is 13.8. The number of methoxy groups -OCH3 is 1. The minimum atomic E-state index is -1.08. The van der Waals surface area contributed by atoms with Gasteiger partial charge in [-0.25, -0.2) is 4.79 Å². The molecule has 2 aromatic rings. The zero-order valence-electron chi connectivity index (χ0n) is 20.7. The highest BCUT2D eigenvalue weighted by molar-refractivity contribution is 6.12. The number of rotatable bonds is 7. The van der Waals surface area contributed by atoms with Crippen LogP contribution >= 0.6 is 0 Å². The first-order valence-corrected chi connectivity index (χ1v) is 11.9. The molecule has 36 heavy (non-hydrogen) atoms. The topological polar surface area (TPSA) is 121 Å². The molecule has 1 aromatic carbocycles. The molecule has 3 atom stereocenters. The van der Waals surface area contributed by atoms with Crippen molar-refractivity contribution in [2.24, 2.45) is 11.8 Å². The summed E-state index contributed by atoms with van der Waals surface area (Å²) in [6.07, 6.45) is 1.64. The van der Waals surface area contributed by atoms with Crippen LogP contribution in [0.1, 0.15) is 38.7 Å². The van der Waals surface area contributed by atoms with Gasteiger partial charge in [-0.05, 0) is 38.3 Å². The summed E-state index contributed by atoms with van der Waals surface area (Å²) in [5.74, 6) is -4.31. The lowest BCUT2D eigenvalue weighted by atomic mass is 9.69. The number of esters is 2. The Morgan fingerprint density at radius 3 is 2.64 bits per heavy atom. The maximum Gasteiger partial charge on any atom is 0.336 e. The summed E-state index contributed by atoms with van der Waals surface area (Å²) >= 11 is 0. The number of ether oxygens (including phenoxy) is 3. The molecule has 0 bridgehead atoms. The molecule has 0 unspecified atom stereocenters. The van der Waals surface area contributed by atoms with Gasteiger partial charge in [0.05, 0.1) is 36.9 Å². The molecular weight excluding hydrogens is 466 g/mol. The fourth-order valence-corrected chi connectivity index (χ4v) is 4.97. The van der Waals surface area contributed by atoms with Crippen molar-refractivity contribution >= 4 is 28.7 Å². The van der Waals surface area contributed by atoms with E-state index in [9.17, 15) is 19.2 Å². The van der Waals surface area contributed by atoms with E-state index in [1.807, 2.05) is 6.92 Å². The molecule has 0 spiro atoms. The molecule has 0 saturated carbocycles. The number of carbonyl (C=O) groups is 3. The summed E-state index contributed by atoms with van der Waals surface area (Å²) in [6, 6.07) is 6.74. The number of para-hydroxylation sites is 1. The summed E-state index contributed by atoms with van der Waals surface area (Å²) < 4.78 is 21.3. The number of Topliss-reactive ketones (excluding diaryl/α,β-unsaturated/α-hetero) is 1. The molecule has 9 nitrogen and oxygen atoms in total. The molecule has 190 valence electrons. The number of benzene rings is 1. The lowest BCUT2D eigenvalue weighted by Crippen LogP contribution is -2.44. The summed E-state index contributed by atoms with van der Waals surface area (Å²) in [6.45, 7) is 6.00. The van der Waals surface area contributed by atoms with Crippen LogP contribution in [0.15, 0.2) is 62.3 Å². The second-order valence-corrected chi connectivity index (χ2v) is 8.88. The fourth-order valence-electron chi connectivity index (χ4n) is 4.97. The van der Waals surface area contributed by atoms with Crippen LogP contribution in [0.5, 0.6) is 0 Å². The normalized spacial score (nSPS) is 21.8. The fraction of sp³-hybridized carbons (Fsp3) is 0.407. The van der Waals surface area contributed by atoms with E-state index in [1.54, 1.807) is 38.1 Å². The second kappa shape index (κ2) is 10.5. The van der Waals surface area contributed by atoms with Crippen molar-refractivity contribution in [2.45, 2.75) is 33.1 Å². The molecule has 9 heteroatoms. The molecule has 0 saturated heterocycles. The van der Waals surface area contributed by atoms with E-state index < -0.39 is 29.6 Å². The maximum absolute atomic E-state index is 13.8. The smallest absolute Gasteiger partial charge is 0.336 e. The molecule has 0 amide bonds. The Labute approximate surface area is 208 Å². The molecule has 1 aromatic heterocycles. The molecular formula is C27H29NO8. The van der Waals surface area contributed by atoms with E-state index >= 15 is 0 Å². The van der Waals surface area contributed by atoms with E-state index in [4.69, 9.17) is 18.6 Å². The van der Waals surface area contributed by atoms with Crippen molar-refractivity contribution in [3.8, 4) is 0 Å². The summed E-state index contributed by atoms with van der Waals surface area (Å²) in [4.78, 5) is 53.3. The predicted octanol–water partition coefficient (Wildman–Crippen LogP) is 2.99. The van der Waals surface area contributed by atoms with Gasteiger partial charge in [-0.2, -0.15) is 0 Å². The van der Waals surface area contributed by atoms with Crippen LogP contribution in [0, 0.1) is 11.8 Å². The third kappa shape index (κ3) is 4.46. The second-order valence-electron chi connectivity index (χ2n) is 8.88. The van der Waals surface area contributed by atoms with Crippen molar-refractivity contribution < 1.29 is 33.0 Å². The van der Waals surface area contributed by atoms with Crippen LogP contribution in [-0.2, 0) is 28.6 Å². The number of ketones is 1. The minimum Gasteiger partial charge on any atom is -0.468 e. The standard InChI is InChI=1S/C27H29NO8/c1-5-34-10-11-35-27(32)21-15(3)28-18-12-14(2)20(26(31)33-4)25(30)23(18)22(21)17-13-36-19-9-7-6-8-16(19)24(17)29/h6-9,13-14,20,22,28H,5,10-12H2,1-4H3/t14-,20-,22+/m1/s1. The van der Waals surface area contributed by atoms with Crippen LogP contribution in [-0.4, -0.2) is 44.7 Å². The van der Waals surface area contributed by atoms with Gasteiger partial charge < -0.3 is 23.9 Å². The Balaban J connectivity index is 1.88. The van der Waals surface area contributed by atoms with Gasteiger partial charge in [0, 0.05) is 29.1 Å². The van der Waals surface area contributed by atoms with Crippen molar-refractivity contribution in [1.82, 2.24) is 5.32 Å². The highest BCUT2D eigenvalue weighted by Gasteiger charge is 2.48. The molecule has 0 fully saturated rings. The summed E-state index contributed by atoms with van der Waals surface area (Å²) in [5, 5.41) is 3.49. The number of hydrogen-bond donors (Lipinski definition) is 1. The molecule has 1 aliphatic carbocycles. The van der Waals surface area contributed by atoms with Gasteiger partial charge in [-0.3, -0.25) is 14.4 Å². The number of nitrogens with one attached hydrogen (secondary N) is 1. The number of allylic oxidation sites excluding steroid dienone is 3. The number of carbonyl (C=O) groups excluding carboxylic acids is 3. The molecule has 2 aliphatic rings. The van der Waals surface area contributed by atoms with E-state index in [1.165, 1.54) is 13.4 Å². The van der Waals surface area contributed by atoms with Crippen LogP contribution < -0.4 is 10.7 Å². The first-order chi connectivity index (χ1) is 17.3. The van der Waals surface area contributed by atoms with Gasteiger partial charge in [0.15, 0.2) is 11.2 Å². The third-order valence-electron chi connectivity index (χ3n) is 6.65. The minimum absolute atomic E-state index is 0.00414. The Morgan fingerprint density at radius 1 is 1.17 bits per heavy atom. The van der Waals surface area contributed by atoms with Crippen LogP contribution in [0.3, 0.4) is 0 Å². The Bertz CT molecular complexity index is 1330. The van der Waals surface area contributed by atoms with Gasteiger partial charge in [0.1, 0.15) is 18.1 Å². The molecule has 1 N–H and O–H groups in total. The molecule has 2 heterocycles. The first-order valence-electron chi connectivity index (χ1n) is 11.9. The van der Waals surface area contributed by atoms with Crippen LogP contribution in [0.2, 0.25) is 0 Å². The monoisotopic (exact) mass is 495 g/mol. The zero-order valence-corrected chi connectivity index (χ0v) is 20.7. The van der Waals surface area contributed by atoms with Crippen molar-refractivity contribution in [3.05, 3.63) is 68.9 Å². The van der Waals surface area contributed by atoms with Crippen molar-refractivity contribution in [3.63, 3.8) is 0 Å². The van der Waals surface area contributed by atoms with Gasteiger partial charge in [0.2, 0.25) is 0 Å². The Hall–Kier alpha value is -3.72. The predicted molar refractivity (Wildman–Crippen MR) is 130 cm³/mol. The highest BCUT2D eigenvalue weighted by atomic mass is 16.6. The number of hydrogen-bond acceptors (Lipinski definition) is 9. The average molecular weight is 496 g/mol. The lowest BCUT2D eigenvalue weighted by molar-refractivity contribution is -0.151. The van der Waals surface area contributed by atoms with Gasteiger partial charge >= 0.3 is 11.9 Å². The van der Waals surface area contributed by atoms with Gasteiger partial charge in [-0.15, -0.1) is 0 Å². The van der Waals surface area contributed by atoms with Crippen LogP contribution in [0.4, 0.5) is 0 Å². The van der Waals surface area contributed by atoms with Crippen LogP contribution in [0.25, 0.3) is 11.0 Å². The molecule has 4 rings (SSSR count). The Kier molecular flexibility index (Phi) is 7.40. The lowest BCUT2D eigenvalue weighted by Gasteiger charge is -2.37. The van der Waals surface area contributed by atoms with Gasteiger partial charge in [-0.1, -0.05) is 19.1 Å². The quantitative estimate of drug-likeness (QED) is 0.351. The molecule has 0 radical (unpaired) electrons. The largest absolute Gasteiger partial charge is 0.468 e. The summed E-state index contributed by atoms with van der Waals surface area (Å²) in [7, 11) is 1.23. The zero-order chi connectivity index (χ0) is 26.0. The van der Waals surface area contributed by atoms with E-state index in [-0.39, 0.29) is 41.3 Å². The number of dihydropyridines is 1. The molecule has 1 aliphatic heterocycles. The van der Waals surface area contributed by atoms with E-state index in [2.05, 4.69) is 5.32 Å².